The highest BCUT2D eigenvalue weighted by Crippen LogP contribution is 2.21. The van der Waals surface area contributed by atoms with Gasteiger partial charge in [0.1, 0.15) is 6.04 Å². The van der Waals surface area contributed by atoms with E-state index >= 15 is 0 Å². The van der Waals surface area contributed by atoms with E-state index in [1.807, 2.05) is 0 Å². The van der Waals surface area contributed by atoms with Gasteiger partial charge >= 0.3 is 11.9 Å². The molecule has 238 valence electrons. The molecule has 5 aromatic rings. The smallest absolute Gasteiger partial charge is 0.355 e. The van der Waals surface area contributed by atoms with Crippen LogP contribution in [0.5, 0.6) is 23.5 Å². The predicted molar refractivity (Wildman–Crippen MR) is 155 cm³/mol. The zero-order valence-electron chi connectivity index (χ0n) is 23.4. The van der Waals surface area contributed by atoms with Crippen molar-refractivity contribution in [3.8, 4) is 23.5 Å². The maximum atomic E-state index is 13.1. The van der Waals surface area contributed by atoms with Gasteiger partial charge in [0.2, 0.25) is 29.5 Å². The Morgan fingerprint density at radius 3 is 2.13 bits per heavy atom. The van der Waals surface area contributed by atoms with Gasteiger partial charge in [0.25, 0.3) is 11.5 Å². The van der Waals surface area contributed by atoms with Crippen LogP contribution in [0.4, 0.5) is 11.6 Å². The summed E-state index contributed by atoms with van der Waals surface area (Å²) >= 11 is 0. The molecule has 19 nitrogen and oxygen atoms in total. The highest BCUT2D eigenvalue weighted by Gasteiger charge is 2.27. The molecule has 0 saturated carbocycles. The van der Waals surface area contributed by atoms with Gasteiger partial charge in [0, 0.05) is 35.5 Å². The van der Waals surface area contributed by atoms with Crippen molar-refractivity contribution in [1.82, 2.24) is 34.7 Å². The topological polar surface area (TPSA) is 282 Å². The number of nitrogens with one attached hydrogen (secondary N) is 3. The predicted octanol–water partition coefficient (Wildman–Crippen LogP) is -0.478. The molecule has 46 heavy (non-hydrogen) atoms. The summed E-state index contributed by atoms with van der Waals surface area (Å²) in [6.45, 7) is 0.167. The van der Waals surface area contributed by atoms with Gasteiger partial charge in [-0.2, -0.15) is 4.98 Å². The number of aromatic amines is 1. The number of hydrogen-bond donors (Lipinski definition) is 8. The molecule has 0 spiro atoms. The number of aromatic nitrogens is 6. The third kappa shape index (κ3) is 6.88. The van der Waals surface area contributed by atoms with Crippen molar-refractivity contribution >= 4 is 40.6 Å². The average molecular weight is 636 g/mol. The molecule has 9 N–H and O–H groups in total. The van der Waals surface area contributed by atoms with Gasteiger partial charge in [0.05, 0.1) is 24.9 Å². The lowest BCUT2D eigenvalue weighted by molar-refractivity contribution is -0.149. The number of anilines is 2. The Balaban J connectivity index is 1.24. The normalized spacial score (nSPS) is 11.6. The van der Waals surface area contributed by atoms with Crippen LogP contribution in [0.15, 0.2) is 59.5 Å². The van der Waals surface area contributed by atoms with Crippen molar-refractivity contribution in [2.45, 2.75) is 25.4 Å². The van der Waals surface area contributed by atoms with Gasteiger partial charge in [0.15, 0.2) is 11.2 Å². The van der Waals surface area contributed by atoms with Crippen LogP contribution < -0.4 is 31.6 Å². The van der Waals surface area contributed by atoms with E-state index in [1.165, 1.54) is 18.3 Å². The molecule has 1 amide bonds. The maximum Gasteiger partial charge on any atom is 0.355 e. The fourth-order valence-corrected chi connectivity index (χ4v) is 4.03. The summed E-state index contributed by atoms with van der Waals surface area (Å²) in [7, 11) is 0. The quantitative estimate of drug-likeness (QED) is 0.0910. The molecule has 0 aliphatic rings. The number of H-pyrrole nitrogens is 1. The molecule has 4 heterocycles. The zero-order valence-corrected chi connectivity index (χ0v) is 23.4. The van der Waals surface area contributed by atoms with Crippen molar-refractivity contribution in [3.63, 3.8) is 0 Å². The molecule has 0 radical (unpaired) electrons. The minimum atomic E-state index is -1.50. The Labute approximate surface area is 256 Å². The summed E-state index contributed by atoms with van der Waals surface area (Å²) in [6, 6.07) is 8.79. The third-order valence-corrected chi connectivity index (χ3v) is 6.30. The molecule has 5 rings (SSSR count). The first-order valence-electron chi connectivity index (χ1n) is 13.3. The van der Waals surface area contributed by atoms with Crippen LogP contribution in [0.3, 0.4) is 0 Å². The van der Waals surface area contributed by atoms with Gasteiger partial charge in [-0.1, -0.05) is 0 Å². The third-order valence-electron chi connectivity index (χ3n) is 6.30. The average Bonchev–Trinajstić information content (AvgIpc) is 3.52. The Morgan fingerprint density at radius 2 is 1.50 bits per heavy atom. The van der Waals surface area contributed by atoms with Crippen LogP contribution in [0.25, 0.3) is 11.2 Å². The number of nitrogens with two attached hydrogens (primary N) is 1. The first kappa shape index (κ1) is 30.7. The standard InChI is InChI=1S/C27H25N9O10/c28-27-33-23-22(25(43)34-27)31-15(12-30-23)11-29-14-3-1-13(2-4-14)24(42)32-16(26(44)46-36-19(39)8-9-20(36)40)5-10-21(41)45-35-17(37)6-7-18(35)38/h1-4,6-9,12,16,29,37-40H,5,10-11H2,(H,32,42)(H3,28,30,33,34,43). The number of nitrogens with zero attached hydrogens (tertiary/aromatic N) is 5. The molecular formula is C27H25N9O10. The van der Waals surface area contributed by atoms with Crippen molar-refractivity contribution in [2.75, 3.05) is 11.1 Å². The lowest BCUT2D eigenvalue weighted by Crippen LogP contribution is -2.45. The number of hydrogen-bond acceptors (Lipinski definition) is 15. The number of nitrogen functional groups attached to an aromatic ring is 1. The summed E-state index contributed by atoms with van der Waals surface area (Å²) in [6.07, 6.45) is 0.540. The molecule has 0 aliphatic carbocycles. The zero-order chi connectivity index (χ0) is 33.0. The minimum absolute atomic E-state index is 0.0186. The maximum absolute atomic E-state index is 13.1. The summed E-state index contributed by atoms with van der Waals surface area (Å²) < 4.78 is 0.873. The van der Waals surface area contributed by atoms with Crippen LogP contribution in [0.1, 0.15) is 28.9 Å². The summed E-state index contributed by atoms with van der Waals surface area (Å²) in [5.74, 6) is -5.31. The van der Waals surface area contributed by atoms with Crippen molar-refractivity contribution in [2.24, 2.45) is 0 Å². The lowest BCUT2D eigenvalue weighted by Gasteiger charge is -2.18. The Morgan fingerprint density at radius 1 is 0.891 bits per heavy atom. The second-order valence-electron chi connectivity index (χ2n) is 9.54. The van der Waals surface area contributed by atoms with Crippen molar-refractivity contribution < 1.29 is 44.5 Å². The molecule has 0 saturated heterocycles. The lowest BCUT2D eigenvalue weighted by atomic mass is 10.1. The highest BCUT2D eigenvalue weighted by atomic mass is 16.7. The van der Waals surface area contributed by atoms with E-state index in [0.717, 1.165) is 24.3 Å². The number of fused-ring (bicyclic) bond motifs is 1. The number of carbonyl (C=O) groups is 3. The molecule has 0 aliphatic heterocycles. The molecule has 4 aromatic heterocycles. The van der Waals surface area contributed by atoms with Gasteiger partial charge < -0.3 is 46.5 Å². The number of rotatable bonds is 11. The molecule has 1 unspecified atom stereocenters. The first-order chi connectivity index (χ1) is 22.0. The number of benzene rings is 1. The van der Waals surface area contributed by atoms with Crippen LogP contribution in [-0.2, 0) is 16.1 Å². The fourth-order valence-electron chi connectivity index (χ4n) is 4.03. The first-order valence-corrected chi connectivity index (χ1v) is 13.3. The second-order valence-corrected chi connectivity index (χ2v) is 9.54. The molecular weight excluding hydrogens is 610 g/mol. The van der Waals surface area contributed by atoms with E-state index in [0.29, 0.717) is 20.8 Å². The monoisotopic (exact) mass is 635 g/mol. The van der Waals surface area contributed by atoms with Crippen LogP contribution >= 0.6 is 0 Å². The fraction of sp³-hybridized carbons (Fsp3) is 0.148. The molecule has 19 heteroatoms. The van der Waals surface area contributed by atoms with E-state index in [-0.39, 0.29) is 35.6 Å². The van der Waals surface area contributed by atoms with Crippen molar-refractivity contribution in [1.29, 1.82) is 0 Å². The summed E-state index contributed by atoms with van der Waals surface area (Å²) in [5, 5.41) is 44.5. The molecule has 1 atom stereocenters. The summed E-state index contributed by atoms with van der Waals surface area (Å²) in [4.78, 5) is 74.9. The van der Waals surface area contributed by atoms with Gasteiger partial charge in [-0.15, -0.1) is 9.46 Å². The SMILES string of the molecule is Nc1nc2ncc(CNc3ccc(C(=O)NC(CCC(=O)On4c(O)ccc4O)C(=O)On4c(O)ccc4O)cc3)nc2c(=O)[nH]1. The Bertz CT molecular complexity index is 1950. The van der Waals surface area contributed by atoms with E-state index in [2.05, 4.69) is 30.6 Å². The van der Waals surface area contributed by atoms with Crippen LogP contribution in [0.2, 0.25) is 0 Å². The summed E-state index contributed by atoms with van der Waals surface area (Å²) in [5.41, 5.74) is 6.20. The molecule has 0 bridgehead atoms. The molecule has 0 fully saturated rings. The van der Waals surface area contributed by atoms with Gasteiger partial charge in [-0.25, -0.2) is 19.6 Å². The number of amides is 1. The largest absolute Gasteiger partial charge is 0.492 e. The number of carbonyl (C=O) groups excluding carboxylic acids is 3. The second kappa shape index (κ2) is 12.8. The van der Waals surface area contributed by atoms with Gasteiger partial charge in [-0.05, 0) is 30.7 Å². The van der Waals surface area contributed by atoms with Crippen LogP contribution in [0, 0.1) is 0 Å². The molecule has 1 aromatic carbocycles. The van der Waals surface area contributed by atoms with E-state index in [4.69, 9.17) is 15.4 Å². The van der Waals surface area contributed by atoms with Crippen LogP contribution in [-0.4, -0.2) is 73.7 Å². The van der Waals surface area contributed by atoms with Gasteiger partial charge in [-0.3, -0.25) is 14.6 Å². The van der Waals surface area contributed by atoms with Crippen molar-refractivity contribution in [3.05, 3.63) is 76.3 Å². The Kier molecular flexibility index (Phi) is 8.55. The van der Waals surface area contributed by atoms with E-state index in [1.54, 1.807) is 12.1 Å². The van der Waals surface area contributed by atoms with E-state index in [9.17, 15) is 39.6 Å². The highest BCUT2D eigenvalue weighted by molar-refractivity contribution is 5.97. The minimum Gasteiger partial charge on any atom is -0.492 e. The number of aromatic hydroxyl groups is 4. The Hall–Kier alpha value is -6.79. The van der Waals surface area contributed by atoms with E-state index < -0.39 is 59.4 Å².